The zero-order valence-electron chi connectivity index (χ0n) is 10.9. The molecule has 1 aliphatic rings. The van der Waals surface area contributed by atoms with E-state index >= 15 is 0 Å². The lowest BCUT2D eigenvalue weighted by Crippen LogP contribution is -2.35. The van der Waals surface area contributed by atoms with Crippen LogP contribution in [0, 0.1) is 0 Å². The van der Waals surface area contributed by atoms with E-state index in [0.29, 0.717) is 0 Å². The molecule has 2 rings (SSSR count). The first-order chi connectivity index (χ1) is 8.81. The summed E-state index contributed by atoms with van der Waals surface area (Å²) in [4.78, 5) is 13.2. The lowest BCUT2D eigenvalue weighted by molar-refractivity contribution is -0.117. The van der Waals surface area contributed by atoms with Crippen LogP contribution in [0.5, 0.6) is 0 Å². The van der Waals surface area contributed by atoms with Gasteiger partial charge in [-0.05, 0) is 30.7 Å². The second-order valence-corrected chi connectivity index (χ2v) is 6.52. The second-order valence-electron chi connectivity index (χ2n) is 4.75. The van der Waals surface area contributed by atoms with E-state index in [1.54, 1.807) is 26.1 Å². The number of hydrogen-bond donors (Lipinski definition) is 2. The third-order valence-electron chi connectivity index (χ3n) is 3.03. The molecule has 3 N–H and O–H groups in total. The Labute approximate surface area is 112 Å². The molecule has 0 fully saturated rings. The fourth-order valence-corrected chi connectivity index (χ4v) is 3.13. The Morgan fingerprint density at radius 1 is 1.47 bits per heavy atom. The molecule has 0 saturated heterocycles. The van der Waals surface area contributed by atoms with Crippen molar-refractivity contribution in [1.29, 1.82) is 0 Å². The van der Waals surface area contributed by atoms with Crippen LogP contribution in [0.1, 0.15) is 12.5 Å². The highest BCUT2D eigenvalue weighted by atomic mass is 32.2. The summed E-state index contributed by atoms with van der Waals surface area (Å²) in [6.45, 7) is 1.90. The third kappa shape index (κ3) is 2.78. The molecular weight excluding hydrogens is 266 g/mol. The van der Waals surface area contributed by atoms with E-state index in [9.17, 15) is 13.2 Å². The predicted octanol–water partition coefficient (Wildman–Crippen LogP) is -0.169. The molecule has 0 aromatic heterocycles. The molecule has 0 aliphatic carbocycles. The number of anilines is 1. The van der Waals surface area contributed by atoms with E-state index in [1.165, 1.54) is 11.0 Å². The van der Waals surface area contributed by atoms with Crippen molar-refractivity contribution in [2.75, 3.05) is 18.5 Å². The fourth-order valence-electron chi connectivity index (χ4n) is 1.94. The van der Waals surface area contributed by atoms with Crippen LogP contribution in [-0.2, 0) is 21.2 Å². The number of nitrogens with one attached hydrogen (secondary N) is 1. The molecule has 6 nitrogen and oxygen atoms in total. The largest absolute Gasteiger partial charge is 0.327 e. The van der Waals surface area contributed by atoms with Gasteiger partial charge in [0.25, 0.3) is 0 Å². The van der Waals surface area contributed by atoms with Crippen molar-refractivity contribution >= 4 is 21.6 Å². The van der Waals surface area contributed by atoms with Gasteiger partial charge < -0.3 is 10.6 Å². The number of sulfonamides is 1. The normalized spacial score (nSPS) is 16.6. The standard InChI is InChI=1S/C12H17N3O3S/c1-8(13)7-14-19(17,18)10-3-4-11-9(5-10)6-12(16)15(11)2/h3-5,8,14H,6-7,13H2,1-2H3. The number of carbonyl (C=O) groups excluding carboxylic acids is 1. The number of rotatable bonds is 4. The fraction of sp³-hybridized carbons (Fsp3) is 0.417. The van der Waals surface area contributed by atoms with Crippen molar-refractivity contribution in [2.45, 2.75) is 24.3 Å². The molecular formula is C12H17N3O3S. The number of nitrogens with two attached hydrogens (primary N) is 1. The quantitative estimate of drug-likeness (QED) is 0.802. The number of likely N-dealkylation sites (N-methyl/N-ethyl adjacent to an activating group) is 1. The van der Waals surface area contributed by atoms with Gasteiger partial charge in [0.05, 0.1) is 11.3 Å². The van der Waals surface area contributed by atoms with Crippen LogP contribution in [0.3, 0.4) is 0 Å². The highest BCUT2D eigenvalue weighted by molar-refractivity contribution is 7.89. The molecule has 7 heteroatoms. The Hall–Kier alpha value is -1.44. The summed E-state index contributed by atoms with van der Waals surface area (Å²) in [6.07, 6.45) is 0.239. The van der Waals surface area contributed by atoms with Crippen LogP contribution in [0.4, 0.5) is 5.69 Å². The van der Waals surface area contributed by atoms with Crippen LogP contribution >= 0.6 is 0 Å². The first-order valence-electron chi connectivity index (χ1n) is 5.96. The smallest absolute Gasteiger partial charge is 0.240 e. The minimum atomic E-state index is -3.57. The molecule has 1 heterocycles. The van der Waals surface area contributed by atoms with E-state index in [0.717, 1.165) is 11.3 Å². The minimum absolute atomic E-state index is 0.0342. The van der Waals surface area contributed by atoms with E-state index in [-0.39, 0.29) is 29.8 Å². The van der Waals surface area contributed by atoms with Crippen molar-refractivity contribution < 1.29 is 13.2 Å². The van der Waals surface area contributed by atoms with E-state index in [2.05, 4.69) is 4.72 Å². The lowest BCUT2D eigenvalue weighted by Gasteiger charge is -2.12. The number of amides is 1. The van der Waals surface area contributed by atoms with Gasteiger partial charge in [0, 0.05) is 25.3 Å². The van der Waals surface area contributed by atoms with Gasteiger partial charge >= 0.3 is 0 Å². The Kier molecular flexibility index (Phi) is 3.62. The van der Waals surface area contributed by atoms with Gasteiger partial charge in [-0.15, -0.1) is 0 Å². The Morgan fingerprint density at radius 2 is 2.16 bits per heavy atom. The summed E-state index contributed by atoms with van der Waals surface area (Å²) >= 11 is 0. The highest BCUT2D eigenvalue weighted by Crippen LogP contribution is 2.29. The van der Waals surface area contributed by atoms with E-state index in [1.807, 2.05) is 0 Å². The van der Waals surface area contributed by atoms with Crippen molar-refractivity contribution in [3.63, 3.8) is 0 Å². The van der Waals surface area contributed by atoms with Gasteiger partial charge in [-0.25, -0.2) is 13.1 Å². The maximum absolute atomic E-state index is 12.0. The number of fused-ring (bicyclic) bond motifs is 1. The topological polar surface area (TPSA) is 92.5 Å². The third-order valence-corrected chi connectivity index (χ3v) is 4.45. The second kappa shape index (κ2) is 4.92. The first kappa shape index (κ1) is 14.0. The van der Waals surface area contributed by atoms with Crippen LogP contribution in [0.15, 0.2) is 23.1 Å². The molecule has 0 saturated carbocycles. The minimum Gasteiger partial charge on any atom is -0.327 e. The number of nitrogens with zero attached hydrogens (tertiary/aromatic N) is 1. The van der Waals surface area contributed by atoms with Crippen molar-refractivity contribution in [1.82, 2.24) is 4.72 Å². The summed E-state index contributed by atoms with van der Waals surface area (Å²) in [5, 5.41) is 0. The van der Waals surface area contributed by atoms with Gasteiger partial charge in [0.1, 0.15) is 0 Å². The Bertz CT molecular complexity index is 611. The first-order valence-corrected chi connectivity index (χ1v) is 7.44. The summed E-state index contributed by atoms with van der Waals surface area (Å²) in [5.74, 6) is -0.0342. The molecule has 1 atom stereocenters. The number of benzene rings is 1. The average Bonchev–Trinajstić information content (AvgIpc) is 2.62. The summed E-state index contributed by atoms with van der Waals surface area (Å²) in [5.41, 5.74) is 7.02. The van der Waals surface area contributed by atoms with Crippen molar-refractivity contribution in [3.05, 3.63) is 23.8 Å². The van der Waals surface area contributed by atoms with Crippen LogP contribution < -0.4 is 15.4 Å². The van der Waals surface area contributed by atoms with Gasteiger partial charge in [-0.3, -0.25) is 4.79 Å². The molecule has 0 bridgehead atoms. The average molecular weight is 283 g/mol. The van der Waals surface area contributed by atoms with Crippen molar-refractivity contribution in [2.24, 2.45) is 5.73 Å². The SMILES string of the molecule is CC(N)CNS(=O)(=O)c1ccc2c(c1)CC(=O)N2C. The lowest BCUT2D eigenvalue weighted by atomic mass is 10.2. The highest BCUT2D eigenvalue weighted by Gasteiger charge is 2.26. The Morgan fingerprint density at radius 3 is 2.79 bits per heavy atom. The van der Waals surface area contributed by atoms with Crippen LogP contribution in [-0.4, -0.2) is 34.0 Å². The summed E-state index contributed by atoms with van der Waals surface area (Å²) < 4.78 is 26.5. The maximum Gasteiger partial charge on any atom is 0.240 e. The molecule has 1 aromatic rings. The van der Waals surface area contributed by atoms with Crippen LogP contribution in [0.25, 0.3) is 0 Å². The summed E-state index contributed by atoms with van der Waals surface area (Å²) in [6, 6.07) is 4.44. The molecule has 1 aliphatic heterocycles. The van der Waals surface area contributed by atoms with Crippen molar-refractivity contribution in [3.8, 4) is 0 Å². The van der Waals surface area contributed by atoms with E-state index in [4.69, 9.17) is 5.73 Å². The molecule has 1 unspecified atom stereocenters. The maximum atomic E-state index is 12.0. The zero-order chi connectivity index (χ0) is 14.2. The van der Waals surface area contributed by atoms with Gasteiger partial charge in [0.15, 0.2) is 0 Å². The van der Waals surface area contributed by atoms with E-state index < -0.39 is 10.0 Å². The Balaban J connectivity index is 2.29. The summed E-state index contributed by atoms with van der Waals surface area (Å²) in [7, 11) is -1.89. The molecule has 1 amide bonds. The monoisotopic (exact) mass is 283 g/mol. The molecule has 0 radical (unpaired) electrons. The number of carbonyl (C=O) groups is 1. The van der Waals surface area contributed by atoms with Crippen LogP contribution in [0.2, 0.25) is 0 Å². The molecule has 1 aromatic carbocycles. The molecule has 0 spiro atoms. The van der Waals surface area contributed by atoms with Gasteiger partial charge in [0.2, 0.25) is 15.9 Å². The van der Waals surface area contributed by atoms with Gasteiger partial charge in [-0.2, -0.15) is 0 Å². The number of hydrogen-bond acceptors (Lipinski definition) is 4. The predicted molar refractivity (Wildman–Crippen MR) is 72.4 cm³/mol. The zero-order valence-corrected chi connectivity index (χ0v) is 11.7. The molecule has 104 valence electrons. The molecule has 19 heavy (non-hydrogen) atoms. The van der Waals surface area contributed by atoms with Gasteiger partial charge in [-0.1, -0.05) is 0 Å².